The highest BCUT2D eigenvalue weighted by molar-refractivity contribution is 7.13. The fraction of sp³-hybridized carbons (Fsp3) is 0.389. The van der Waals surface area contributed by atoms with Crippen molar-refractivity contribution in [2.45, 2.75) is 25.6 Å². The number of carbonyl (C=O) groups is 1. The molecular formula is C18H20N4O3S. The number of benzene rings is 1. The summed E-state index contributed by atoms with van der Waals surface area (Å²) >= 11 is 1.34. The summed E-state index contributed by atoms with van der Waals surface area (Å²) in [6, 6.07) is 9.32. The summed E-state index contributed by atoms with van der Waals surface area (Å²) < 4.78 is 10.1. The highest BCUT2D eigenvalue weighted by atomic mass is 32.1. The van der Waals surface area contributed by atoms with Crippen LogP contribution in [0.1, 0.15) is 6.42 Å². The second-order valence-corrected chi connectivity index (χ2v) is 7.41. The van der Waals surface area contributed by atoms with E-state index in [9.17, 15) is 9.59 Å². The van der Waals surface area contributed by atoms with Gasteiger partial charge in [-0.05, 0) is 24.6 Å². The third-order valence-corrected chi connectivity index (χ3v) is 5.55. The van der Waals surface area contributed by atoms with Crippen molar-refractivity contribution in [2.24, 2.45) is 0 Å². The summed E-state index contributed by atoms with van der Waals surface area (Å²) in [5.74, 6) is -0.0466. The first-order valence-corrected chi connectivity index (χ1v) is 9.44. The van der Waals surface area contributed by atoms with Gasteiger partial charge in [-0.3, -0.25) is 18.2 Å². The minimum atomic E-state index is -0.0990. The normalized spacial score (nSPS) is 18.2. The number of rotatable bonds is 4. The highest BCUT2D eigenvalue weighted by Crippen LogP contribution is 2.16. The minimum absolute atomic E-state index is 0.0466. The summed E-state index contributed by atoms with van der Waals surface area (Å²) in [6.45, 7) is 2.47. The van der Waals surface area contributed by atoms with Crippen molar-refractivity contribution in [3.63, 3.8) is 0 Å². The van der Waals surface area contributed by atoms with E-state index < -0.39 is 0 Å². The van der Waals surface area contributed by atoms with Crippen LogP contribution in [0.3, 0.4) is 0 Å². The van der Waals surface area contributed by atoms with Crippen LogP contribution in [-0.4, -0.2) is 50.3 Å². The largest absolute Gasteiger partial charge is 0.374 e. The molecule has 1 saturated heterocycles. The Morgan fingerprint density at radius 3 is 3.00 bits per heavy atom. The zero-order chi connectivity index (χ0) is 17.9. The molecule has 1 aliphatic heterocycles. The molecule has 2 aromatic heterocycles. The van der Waals surface area contributed by atoms with Crippen LogP contribution in [0.2, 0.25) is 0 Å². The first-order chi connectivity index (χ1) is 12.7. The topological polar surface area (TPSA) is 69.4 Å². The Labute approximate surface area is 154 Å². The Kier molecular flexibility index (Phi) is 4.85. The molecule has 3 heterocycles. The Morgan fingerprint density at radius 1 is 1.31 bits per heavy atom. The van der Waals surface area contributed by atoms with Gasteiger partial charge in [0.15, 0.2) is 0 Å². The zero-order valence-corrected chi connectivity index (χ0v) is 15.1. The minimum Gasteiger partial charge on any atom is -0.374 e. The molecular weight excluding hydrogens is 352 g/mol. The molecule has 1 aliphatic rings. The van der Waals surface area contributed by atoms with Crippen molar-refractivity contribution < 1.29 is 9.53 Å². The average Bonchev–Trinajstić information content (AvgIpc) is 3.18. The predicted molar refractivity (Wildman–Crippen MR) is 99.2 cm³/mol. The SMILES string of the molecule is O=C(Cn1sc2ccccc2c1=O)N1CCCO[C@H](Cn2cccn2)C1. The molecule has 1 aromatic carbocycles. The van der Waals surface area contributed by atoms with Crippen LogP contribution in [-0.2, 0) is 22.6 Å². The van der Waals surface area contributed by atoms with Crippen molar-refractivity contribution in [3.05, 3.63) is 53.1 Å². The van der Waals surface area contributed by atoms with Crippen LogP contribution >= 0.6 is 11.5 Å². The molecule has 0 unspecified atom stereocenters. The van der Waals surface area contributed by atoms with Gasteiger partial charge in [-0.25, -0.2) is 0 Å². The quantitative estimate of drug-likeness (QED) is 0.697. The van der Waals surface area contributed by atoms with Gasteiger partial charge in [0.1, 0.15) is 6.54 Å². The van der Waals surface area contributed by atoms with Gasteiger partial charge in [-0.1, -0.05) is 23.7 Å². The van der Waals surface area contributed by atoms with E-state index in [0.29, 0.717) is 31.6 Å². The maximum Gasteiger partial charge on any atom is 0.268 e. The van der Waals surface area contributed by atoms with E-state index in [1.807, 2.05) is 35.1 Å². The van der Waals surface area contributed by atoms with Gasteiger partial charge in [0.05, 0.1) is 22.7 Å². The van der Waals surface area contributed by atoms with Gasteiger partial charge in [0.2, 0.25) is 5.91 Å². The molecule has 0 spiro atoms. The van der Waals surface area contributed by atoms with Crippen molar-refractivity contribution in [2.75, 3.05) is 19.7 Å². The van der Waals surface area contributed by atoms with Crippen LogP contribution in [0.25, 0.3) is 10.1 Å². The van der Waals surface area contributed by atoms with Crippen molar-refractivity contribution in [1.29, 1.82) is 0 Å². The van der Waals surface area contributed by atoms with Crippen LogP contribution < -0.4 is 5.56 Å². The second kappa shape index (κ2) is 7.43. The number of nitrogens with zero attached hydrogens (tertiary/aromatic N) is 4. The van der Waals surface area contributed by atoms with E-state index in [1.165, 1.54) is 11.5 Å². The van der Waals surface area contributed by atoms with E-state index in [-0.39, 0.29) is 24.1 Å². The third-order valence-electron chi connectivity index (χ3n) is 4.48. The number of amides is 1. The maximum absolute atomic E-state index is 12.8. The van der Waals surface area contributed by atoms with Gasteiger partial charge < -0.3 is 9.64 Å². The fourth-order valence-electron chi connectivity index (χ4n) is 3.19. The molecule has 26 heavy (non-hydrogen) atoms. The molecule has 0 N–H and O–H groups in total. The van der Waals surface area contributed by atoms with Crippen molar-refractivity contribution in [3.8, 4) is 0 Å². The van der Waals surface area contributed by atoms with Gasteiger partial charge in [-0.15, -0.1) is 0 Å². The Morgan fingerprint density at radius 2 is 2.19 bits per heavy atom. The molecule has 1 fully saturated rings. The summed E-state index contributed by atoms with van der Waals surface area (Å²) in [7, 11) is 0. The standard InChI is InChI=1S/C18H20N4O3S/c23-17(13-22-18(24)15-5-1-2-6-16(15)26-22)20-8-4-10-25-14(11-20)12-21-9-3-7-19-21/h1-3,5-7,9,14H,4,8,10-13H2/t14-/m0/s1. The Hall–Kier alpha value is -2.45. The number of fused-ring (bicyclic) bond motifs is 1. The molecule has 136 valence electrons. The average molecular weight is 372 g/mol. The highest BCUT2D eigenvalue weighted by Gasteiger charge is 2.24. The number of carbonyl (C=O) groups excluding carboxylic acids is 1. The molecule has 1 amide bonds. The number of hydrogen-bond acceptors (Lipinski definition) is 5. The van der Waals surface area contributed by atoms with Gasteiger partial charge in [-0.2, -0.15) is 5.10 Å². The maximum atomic E-state index is 12.8. The molecule has 0 aliphatic carbocycles. The van der Waals surface area contributed by atoms with Crippen LogP contribution in [0.5, 0.6) is 0 Å². The van der Waals surface area contributed by atoms with E-state index in [2.05, 4.69) is 5.10 Å². The van der Waals surface area contributed by atoms with Crippen LogP contribution in [0.15, 0.2) is 47.5 Å². The Bertz CT molecular complexity index is 947. The first-order valence-electron chi connectivity index (χ1n) is 8.66. The van der Waals surface area contributed by atoms with E-state index in [1.54, 1.807) is 21.1 Å². The molecule has 8 heteroatoms. The first kappa shape index (κ1) is 17.0. The van der Waals surface area contributed by atoms with Gasteiger partial charge >= 0.3 is 0 Å². The van der Waals surface area contributed by atoms with E-state index in [4.69, 9.17) is 4.74 Å². The number of aromatic nitrogens is 3. The van der Waals surface area contributed by atoms with Gasteiger partial charge in [0, 0.05) is 32.1 Å². The molecule has 7 nitrogen and oxygen atoms in total. The smallest absolute Gasteiger partial charge is 0.268 e. The fourth-order valence-corrected chi connectivity index (χ4v) is 4.18. The summed E-state index contributed by atoms with van der Waals surface area (Å²) in [5, 5.41) is 4.87. The molecule has 0 saturated carbocycles. The van der Waals surface area contributed by atoms with Crippen molar-refractivity contribution in [1.82, 2.24) is 18.6 Å². The summed E-state index contributed by atoms with van der Waals surface area (Å²) in [5.41, 5.74) is -0.0990. The molecule has 0 bridgehead atoms. The monoisotopic (exact) mass is 372 g/mol. The summed E-state index contributed by atoms with van der Waals surface area (Å²) in [6.07, 6.45) is 4.31. The number of ether oxygens (including phenoxy) is 1. The lowest BCUT2D eigenvalue weighted by Gasteiger charge is -2.24. The second-order valence-electron chi connectivity index (χ2n) is 6.34. The number of hydrogen-bond donors (Lipinski definition) is 0. The zero-order valence-electron chi connectivity index (χ0n) is 14.3. The predicted octanol–water partition coefficient (Wildman–Crippen LogP) is 1.58. The molecule has 1 atom stereocenters. The lowest BCUT2D eigenvalue weighted by atomic mass is 10.3. The molecule has 3 aromatic rings. The summed E-state index contributed by atoms with van der Waals surface area (Å²) in [4.78, 5) is 27.1. The molecule has 0 radical (unpaired) electrons. The Balaban J connectivity index is 1.47. The molecule has 4 rings (SSSR count). The lowest BCUT2D eigenvalue weighted by Crippen LogP contribution is -2.40. The van der Waals surface area contributed by atoms with Crippen LogP contribution in [0.4, 0.5) is 0 Å². The van der Waals surface area contributed by atoms with E-state index in [0.717, 1.165) is 11.1 Å². The van der Waals surface area contributed by atoms with E-state index >= 15 is 0 Å². The third kappa shape index (κ3) is 3.56. The van der Waals surface area contributed by atoms with Crippen molar-refractivity contribution >= 4 is 27.5 Å². The van der Waals surface area contributed by atoms with Crippen LogP contribution in [0, 0.1) is 0 Å². The lowest BCUT2D eigenvalue weighted by molar-refractivity contribution is -0.132. The van der Waals surface area contributed by atoms with Gasteiger partial charge in [0.25, 0.3) is 5.56 Å².